The van der Waals surface area contributed by atoms with Crippen LogP contribution in [0.1, 0.15) is 32.2 Å². The normalized spacial score (nSPS) is 11.2. The highest BCUT2D eigenvalue weighted by atomic mass is 16.6. The zero-order valence-electron chi connectivity index (χ0n) is 9.57. The minimum atomic E-state index is -0.442. The summed E-state index contributed by atoms with van der Waals surface area (Å²) in [4.78, 5) is 19.5. The molecule has 0 aliphatic carbocycles. The summed E-state index contributed by atoms with van der Waals surface area (Å²) in [5.74, 6) is 0.442. The van der Waals surface area contributed by atoms with Gasteiger partial charge < -0.3 is 4.74 Å². The molecule has 1 aromatic rings. The standard InChI is InChI=1S/C11H16N2O2/c1-8-12-6-9(7-13-8)5-10(14)15-11(2,3)4/h6-7H,5H2,1-4H3. The van der Waals surface area contributed by atoms with Gasteiger partial charge in [0, 0.05) is 12.4 Å². The number of aromatic nitrogens is 2. The smallest absolute Gasteiger partial charge is 0.310 e. The quantitative estimate of drug-likeness (QED) is 0.694. The van der Waals surface area contributed by atoms with Crippen LogP contribution in [0.15, 0.2) is 12.4 Å². The molecule has 4 heteroatoms. The number of rotatable bonds is 2. The van der Waals surface area contributed by atoms with Gasteiger partial charge in [0.15, 0.2) is 0 Å². The lowest BCUT2D eigenvalue weighted by atomic mass is 10.2. The summed E-state index contributed by atoms with van der Waals surface area (Å²) in [6.07, 6.45) is 3.51. The molecule has 0 aliphatic rings. The number of carbonyl (C=O) groups excluding carboxylic acids is 1. The molecule has 0 bridgehead atoms. The van der Waals surface area contributed by atoms with Crippen molar-refractivity contribution in [2.45, 2.75) is 39.7 Å². The zero-order chi connectivity index (χ0) is 11.5. The Balaban J connectivity index is 2.55. The van der Waals surface area contributed by atoms with Crippen LogP contribution in [0.3, 0.4) is 0 Å². The highest BCUT2D eigenvalue weighted by Crippen LogP contribution is 2.09. The first kappa shape index (κ1) is 11.6. The van der Waals surface area contributed by atoms with E-state index in [1.807, 2.05) is 20.8 Å². The summed E-state index contributed by atoms with van der Waals surface area (Å²) in [6, 6.07) is 0. The van der Waals surface area contributed by atoms with Crippen molar-refractivity contribution >= 4 is 5.97 Å². The van der Waals surface area contributed by atoms with Crippen molar-refractivity contribution in [1.29, 1.82) is 0 Å². The molecule has 0 aliphatic heterocycles. The number of hydrogen-bond donors (Lipinski definition) is 0. The van der Waals surface area contributed by atoms with Gasteiger partial charge in [-0.15, -0.1) is 0 Å². The van der Waals surface area contributed by atoms with E-state index in [1.54, 1.807) is 19.3 Å². The minimum absolute atomic E-state index is 0.220. The topological polar surface area (TPSA) is 52.1 Å². The van der Waals surface area contributed by atoms with Gasteiger partial charge in [-0.1, -0.05) is 0 Å². The van der Waals surface area contributed by atoms with Gasteiger partial charge >= 0.3 is 5.97 Å². The minimum Gasteiger partial charge on any atom is -0.460 e. The molecule has 0 aromatic carbocycles. The highest BCUT2D eigenvalue weighted by molar-refractivity contribution is 5.72. The van der Waals surface area contributed by atoms with E-state index >= 15 is 0 Å². The van der Waals surface area contributed by atoms with Gasteiger partial charge in [-0.2, -0.15) is 0 Å². The van der Waals surface area contributed by atoms with Crippen molar-refractivity contribution in [2.75, 3.05) is 0 Å². The van der Waals surface area contributed by atoms with Crippen molar-refractivity contribution < 1.29 is 9.53 Å². The molecule has 0 saturated carbocycles. The van der Waals surface area contributed by atoms with E-state index in [2.05, 4.69) is 9.97 Å². The van der Waals surface area contributed by atoms with Gasteiger partial charge in [-0.25, -0.2) is 9.97 Å². The van der Waals surface area contributed by atoms with Crippen LogP contribution in [0.5, 0.6) is 0 Å². The molecule has 1 heterocycles. The molecule has 0 fully saturated rings. The Morgan fingerprint density at radius 2 is 1.87 bits per heavy atom. The van der Waals surface area contributed by atoms with E-state index in [0.717, 1.165) is 5.56 Å². The number of nitrogens with zero attached hydrogens (tertiary/aromatic N) is 2. The zero-order valence-corrected chi connectivity index (χ0v) is 9.57. The van der Waals surface area contributed by atoms with Crippen LogP contribution in [0.4, 0.5) is 0 Å². The summed E-state index contributed by atoms with van der Waals surface area (Å²) in [5, 5.41) is 0. The first-order valence-corrected chi connectivity index (χ1v) is 4.86. The predicted octanol–water partition coefficient (Wildman–Crippen LogP) is 1.67. The molecule has 0 N–H and O–H groups in total. The maximum atomic E-state index is 11.4. The number of carbonyl (C=O) groups is 1. The van der Waals surface area contributed by atoms with E-state index in [-0.39, 0.29) is 12.4 Å². The largest absolute Gasteiger partial charge is 0.460 e. The van der Waals surface area contributed by atoms with Crippen molar-refractivity contribution in [3.63, 3.8) is 0 Å². The number of ether oxygens (including phenoxy) is 1. The average Bonchev–Trinajstić information content (AvgIpc) is 2.05. The molecule has 0 saturated heterocycles. The van der Waals surface area contributed by atoms with Crippen LogP contribution in [-0.2, 0) is 16.0 Å². The summed E-state index contributed by atoms with van der Waals surface area (Å²) >= 11 is 0. The molecule has 4 nitrogen and oxygen atoms in total. The van der Waals surface area contributed by atoms with Crippen molar-refractivity contribution in [3.05, 3.63) is 23.8 Å². The van der Waals surface area contributed by atoms with Crippen LogP contribution >= 0.6 is 0 Å². The molecule has 0 unspecified atom stereocenters. The molecule has 15 heavy (non-hydrogen) atoms. The maximum absolute atomic E-state index is 11.4. The van der Waals surface area contributed by atoms with E-state index in [9.17, 15) is 4.79 Å². The van der Waals surface area contributed by atoms with Crippen LogP contribution in [0.25, 0.3) is 0 Å². The second kappa shape index (κ2) is 4.38. The number of aryl methyl sites for hydroxylation is 1. The van der Waals surface area contributed by atoms with Crippen LogP contribution in [0, 0.1) is 6.92 Å². The number of esters is 1. The molecule has 0 spiro atoms. The van der Waals surface area contributed by atoms with E-state index in [4.69, 9.17) is 4.74 Å². The summed E-state index contributed by atoms with van der Waals surface area (Å²) in [6.45, 7) is 7.33. The van der Waals surface area contributed by atoms with Gasteiger partial charge in [0.25, 0.3) is 0 Å². The molecular formula is C11H16N2O2. The molecule has 0 atom stereocenters. The van der Waals surface area contributed by atoms with E-state index < -0.39 is 5.60 Å². The molecule has 1 rings (SSSR count). The summed E-state index contributed by atoms with van der Waals surface area (Å²) in [5.41, 5.74) is 0.331. The van der Waals surface area contributed by atoms with Crippen molar-refractivity contribution in [2.24, 2.45) is 0 Å². The number of hydrogen-bond acceptors (Lipinski definition) is 4. The fourth-order valence-corrected chi connectivity index (χ4v) is 1.05. The third-order valence-electron chi connectivity index (χ3n) is 1.60. The van der Waals surface area contributed by atoms with E-state index in [1.165, 1.54) is 0 Å². The second-order valence-electron chi connectivity index (χ2n) is 4.40. The maximum Gasteiger partial charge on any atom is 0.310 e. The molecule has 0 amide bonds. The Hall–Kier alpha value is -1.45. The second-order valence-corrected chi connectivity index (χ2v) is 4.40. The lowest BCUT2D eigenvalue weighted by molar-refractivity contribution is -0.153. The van der Waals surface area contributed by atoms with E-state index in [0.29, 0.717) is 5.82 Å². The van der Waals surface area contributed by atoms with Crippen molar-refractivity contribution in [3.8, 4) is 0 Å². The fraction of sp³-hybridized carbons (Fsp3) is 0.545. The van der Waals surface area contributed by atoms with Gasteiger partial charge in [0.2, 0.25) is 0 Å². The lowest BCUT2D eigenvalue weighted by Crippen LogP contribution is -2.25. The van der Waals surface area contributed by atoms with Gasteiger partial charge in [-0.3, -0.25) is 4.79 Å². The van der Waals surface area contributed by atoms with Gasteiger partial charge in [0.05, 0.1) is 6.42 Å². The SMILES string of the molecule is Cc1ncc(CC(=O)OC(C)(C)C)cn1. The highest BCUT2D eigenvalue weighted by Gasteiger charge is 2.16. The average molecular weight is 208 g/mol. The first-order chi connectivity index (χ1) is 6.87. The molecular weight excluding hydrogens is 192 g/mol. The Bertz CT molecular complexity index is 339. The van der Waals surface area contributed by atoms with Crippen molar-refractivity contribution in [1.82, 2.24) is 9.97 Å². The molecule has 82 valence electrons. The Labute approximate surface area is 89.7 Å². The third kappa shape index (κ3) is 4.54. The van der Waals surface area contributed by atoms with Crippen LogP contribution in [-0.4, -0.2) is 21.5 Å². The Kier molecular flexibility index (Phi) is 3.39. The Morgan fingerprint density at radius 1 is 1.33 bits per heavy atom. The van der Waals surface area contributed by atoms with Gasteiger partial charge in [-0.05, 0) is 33.3 Å². The van der Waals surface area contributed by atoms with Gasteiger partial charge in [0.1, 0.15) is 11.4 Å². The lowest BCUT2D eigenvalue weighted by Gasteiger charge is -2.19. The van der Waals surface area contributed by atoms with Crippen LogP contribution in [0.2, 0.25) is 0 Å². The molecule has 1 aromatic heterocycles. The fourth-order valence-electron chi connectivity index (χ4n) is 1.05. The molecule has 0 radical (unpaired) electrons. The summed E-state index contributed by atoms with van der Waals surface area (Å²) < 4.78 is 5.18. The third-order valence-corrected chi connectivity index (χ3v) is 1.60. The Morgan fingerprint density at radius 3 is 2.33 bits per heavy atom. The first-order valence-electron chi connectivity index (χ1n) is 4.86. The monoisotopic (exact) mass is 208 g/mol. The van der Waals surface area contributed by atoms with Crippen LogP contribution < -0.4 is 0 Å². The predicted molar refractivity (Wildman–Crippen MR) is 56.3 cm³/mol. The summed E-state index contributed by atoms with van der Waals surface area (Å²) in [7, 11) is 0.